The van der Waals surface area contributed by atoms with E-state index in [2.05, 4.69) is 90.9 Å². The molecule has 0 N–H and O–H groups in total. The van der Waals surface area contributed by atoms with Gasteiger partial charge in [0.25, 0.3) is 0 Å². The maximum atomic E-state index is 6.20. The molecule has 0 unspecified atom stereocenters. The molecule has 6 rings (SSSR count). The van der Waals surface area contributed by atoms with Crippen LogP contribution in [0.4, 0.5) is 0 Å². The number of thioether (sulfide) groups is 1. The van der Waals surface area contributed by atoms with E-state index in [9.17, 15) is 0 Å². The normalized spacial score (nSPS) is 20.5. The van der Waals surface area contributed by atoms with Crippen molar-refractivity contribution in [2.24, 2.45) is 4.99 Å². The molecule has 0 radical (unpaired) electrons. The molecule has 2 nitrogen and oxygen atoms in total. The Hall–Kier alpha value is -3.01. The molecular formula is C31H27ClN2S. The molecule has 0 fully saturated rings. The number of allylic oxidation sites excluding steroid dienone is 1. The van der Waals surface area contributed by atoms with Gasteiger partial charge >= 0.3 is 0 Å². The van der Waals surface area contributed by atoms with E-state index in [1.54, 1.807) is 11.8 Å². The minimum Gasteiger partial charge on any atom is -0.308 e. The van der Waals surface area contributed by atoms with Crippen molar-refractivity contribution in [1.29, 1.82) is 0 Å². The SMILES string of the molecule is Cc1ccc(/C=C2\CCCC3=C2N=C2SC=C(c4ccc(Cl)cc4)N2[C@H]3c2ccc(C)cc2)cc1. The van der Waals surface area contributed by atoms with Crippen LogP contribution in [0.15, 0.2) is 100 Å². The highest BCUT2D eigenvalue weighted by Crippen LogP contribution is 2.51. The van der Waals surface area contributed by atoms with Crippen molar-refractivity contribution >= 4 is 40.3 Å². The highest BCUT2D eigenvalue weighted by atomic mass is 35.5. The lowest BCUT2D eigenvalue weighted by Crippen LogP contribution is -2.34. The number of halogens is 1. The summed E-state index contributed by atoms with van der Waals surface area (Å²) in [6.07, 6.45) is 5.61. The summed E-state index contributed by atoms with van der Waals surface area (Å²) in [5.74, 6) is 0. The van der Waals surface area contributed by atoms with E-state index in [1.165, 1.54) is 50.4 Å². The first-order chi connectivity index (χ1) is 17.1. The van der Waals surface area contributed by atoms with Gasteiger partial charge in [0.2, 0.25) is 0 Å². The van der Waals surface area contributed by atoms with E-state index in [0.717, 1.165) is 29.5 Å². The number of fused-ring (bicyclic) bond motifs is 1. The third-order valence-electron chi connectivity index (χ3n) is 6.99. The number of benzene rings is 3. The van der Waals surface area contributed by atoms with Crippen LogP contribution < -0.4 is 0 Å². The van der Waals surface area contributed by atoms with E-state index in [4.69, 9.17) is 16.6 Å². The van der Waals surface area contributed by atoms with E-state index in [1.807, 2.05) is 12.1 Å². The van der Waals surface area contributed by atoms with Gasteiger partial charge in [-0.05, 0) is 79.2 Å². The Morgan fingerprint density at radius 3 is 2.29 bits per heavy atom. The lowest BCUT2D eigenvalue weighted by Gasteiger charge is -2.40. The molecule has 0 amide bonds. The highest BCUT2D eigenvalue weighted by Gasteiger charge is 2.40. The summed E-state index contributed by atoms with van der Waals surface area (Å²) < 4.78 is 0. The van der Waals surface area contributed by atoms with Crippen molar-refractivity contribution in [2.45, 2.75) is 39.2 Å². The molecule has 0 aromatic heterocycles. The summed E-state index contributed by atoms with van der Waals surface area (Å²) in [6, 6.07) is 26.1. The zero-order valence-corrected chi connectivity index (χ0v) is 21.5. The number of hydrogen-bond donors (Lipinski definition) is 0. The van der Waals surface area contributed by atoms with Crippen LogP contribution in [0.25, 0.3) is 11.8 Å². The third-order valence-corrected chi connectivity index (χ3v) is 8.08. The second-order valence-electron chi connectivity index (χ2n) is 9.51. The second kappa shape index (κ2) is 9.22. The van der Waals surface area contributed by atoms with Crippen LogP contribution in [0.3, 0.4) is 0 Å². The van der Waals surface area contributed by atoms with Crippen LogP contribution in [0.2, 0.25) is 5.02 Å². The Balaban J connectivity index is 1.48. The van der Waals surface area contributed by atoms with Crippen LogP contribution in [-0.4, -0.2) is 10.1 Å². The Morgan fingerprint density at radius 1 is 0.886 bits per heavy atom. The van der Waals surface area contributed by atoms with Crippen LogP contribution in [0, 0.1) is 13.8 Å². The Bertz CT molecular complexity index is 1390. The predicted molar refractivity (Wildman–Crippen MR) is 150 cm³/mol. The fourth-order valence-electron chi connectivity index (χ4n) is 5.16. The average molecular weight is 495 g/mol. The number of hydrogen-bond acceptors (Lipinski definition) is 3. The topological polar surface area (TPSA) is 15.6 Å². The van der Waals surface area contributed by atoms with Gasteiger partial charge in [-0.15, -0.1) is 0 Å². The first kappa shape index (κ1) is 22.5. The van der Waals surface area contributed by atoms with Crippen LogP contribution in [0.1, 0.15) is 53.1 Å². The van der Waals surface area contributed by atoms with Crippen molar-refractivity contribution in [3.8, 4) is 0 Å². The summed E-state index contributed by atoms with van der Waals surface area (Å²) in [6.45, 7) is 4.28. The molecule has 1 atom stereocenters. The van der Waals surface area contributed by atoms with Crippen LogP contribution in [0.5, 0.6) is 0 Å². The minimum absolute atomic E-state index is 0.136. The molecule has 0 saturated carbocycles. The van der Waals surface area contributed by atoms with Crippen molar-refractivity contribution in [2.75, 3.05) is 0 Å². The summed E-state index contributed by atoms with van der Waals surface area (Å²) in [7, 11) is 0. The molecule has 3 aromatic rings. The first-order valence-electron chi connectivity index (χ1n) is 12.1. The van der Waals surface area contributed by atoms with Gasteiger partial charge in [0.15, 0.2) is 5.17 Å². The predicted octanol–water partition coefficient (Wildman–Crippen LogP) is 8.94. The fourth-order valence-corrected chi connectivity index (χ4v) is 6.21. The Kier molecular flexibility index (Phi) is 5.91. The molecule has 174 valence electrons. The summed E-state index contributed by atoms with van der Waals surface area (Å²) in [5, 5.41) is 4.05. The van der Waals surface area contributed by atoms with Gasteiger partial charge < -0.3 is 4.90 Å². The smallest absolute Gasteiger partial charge is 0.174 e. The van der Waals surface area contributed by atoms with Crippen LogP contribution in [-0.2, 0) is 0 Å². The van der Waals surface area contributed by atoms with Gasteiger partial charge in [0.05, 0.1) is 17.4 Å². The van der Waals surface area contributed by atoms with Gasteiger partial charge in [-0.1, -0.05) is 95.2 Å². The van der Waals surface area contributed by atoms with Crippen LogP contribution >= 0.6 is 23.4 Å². The number of aryl methyl sites for hydroxylation is 2. The standard InChI is InChI=1S/C31H27ClN2S/c1-20-6-10-22(11-7-20)18-25-4-3-5-27-29(25)33-31-34(30(27)24-12-8-21(2)9-13-24)28(19-35-31)23-14-16-26(32)17-15-23/h6-19,30H,3-5H2,1-2H3/b25-18+/t30-/m0/s1. The molecule has 1 aliphatic carbocycles. The van der Waals surface area contributed by atoms with Crippen molar-refractivity contribution in [3.63, 3.8) is 0 Å². The Morgan fingerprint density at radius 2 is 1.57 bits per heavy atom. The van der Waals surface area contributed by atoms with Crippen molar-refractivity contribution < 1.29 is 0 Å². The maximum absolute atomic E-state index is 6.20. The second-order valence-corrected chi connectivity index (χ2v) is 10.8. The fraction of sp³-hybridized carbons (Fsp3) is 0.194. The molecule has 0 bridgehead atoms. The average Bonchev–Trinajstić information content (AvgIpc) is 3.29. The molecule has 0 spiro atoms. The molecule has 4 heteroatoms. The lowest BCUT2D eigenvalue weighted by molar-refractivity contribution is 0.458. The number of aliphatic imine (C=N–C) groups is 1. The monoisotopic (exact) mass is 494 g/mol. The van der Waals surface area contributed by atoms with E-state index < -0.39 is 0 Å². The van der Waals surface area contributed by atoms with Gasteiger partial charge in [0, 0.05) is 10.4 Å². The van der Waals surface area contributed by atoms with Gasteiger partial charge in [-0.2, -0.15) is 0 Å². The maximum Gasteiger partial charge on any atom is 0.174 e. The third kappa shape index (κ3) is 4.28. The quantitative estimate of drug-likeness (QED) is 0.361. The molecule has 2 aliphatic heterocycles. The minimum atomic E-state index is 0.136. The zero-order valence-electron chi connectivity index (χ0n) is 20.0. The molecule has 3 aromatic carbocycles. The first-order valence-corrected chi connectivity index (χ1v) is 13.4. The Labute approximate surface area is 216 Å². The van der Waals surface area contributed by atoms with Crippen molar-refractivity contribution in [1.82, 2.24) is 4.90 Å². The van der Waals surface area contributed by atoms with Gasteiger partial charge in [0.1, 0.15) is 0 Å². The number of nitrogens with zero attached hydrogens (tertiary/aromatic N) is 2. The van der Waals surface area contributed by atoms with Crippen molar-refractivity contribution in [3.05, 3.63) is 128 Å². The number of rotatable bonds is 3. The summed E-state index contributed by atoms with van der Waals surface area (Å²) in [5.41, 5.74) is 11.4. The zero-order chi connectivity index (χ0) is 23.9. The molecule has 3 aliphatic rings. The van der Waals surface area contributed by atoms with E-state index in [0.29, 0.717) is 0 Å². The largest absolute Gasteiger partial charge is 0.308 e. The molecule has 35 heavy (non-hydrogen) atoms. The number of amidine groups is 1. The highest BCUT2D eigenvalue weighted by molar-refractivity contribution is 8.16. The summed E-state index contributed by atoms with van der Waals surface area (Å²) in [4.78, 5) is 7.72. The lowest BCUT2D eigenvalue weighted by atomic mass is 9.82. The molecule has 0 saturated heterocycles. The van der Waals surface area contributed by atoms with E-state index >= 15 is 0 Å². The van der Waals surface area contributed by atoms with E-state index in [-0.39, 0.29) is 6.04 Å². The summed E-state index contributed by atoms with van der Waals surface area (Å²) >= 11 is 7.92. The molecule has 2 heterocycles. The molecular weight excluding hydrogens is 468 g/mol. The van der Waals surface area contributed by atoms with Gasteiger partial charge in [-0.25, -0.2) is 4.99 Å². The van der Waals surface area contributed by atoms with Gasteiger partial charge in [-0.3, -0.25) is 0 Å².